The molecule has 0 fully saturated rings. The van der Waals surface area contributed by atoms with Crippen molar-refractivity contribution in [1.29, 1.82) is 0 Å². The lowest BCUT2D eigenvalue weighted by Crippen LogP contribution is -2.17. The van der Waals surface area contributed by atoms with Gasteiger partial charge in [0.1, 0.15) is 5.82 Å². The zero-order chi connectivity index (χ0) is 14.5. The number of nitrogens with one attached hydrogen (secondary N) is 2. The number of aryl methyl sites for hydroxylation is 1. The van der Waals surface area contributed by atoms with E-state index in [1.165, 1.54) is 12.1 Å². The number of benzene rings is 2. The molecule has 0 aliphatic carbocycles. The molecule has 0 aromatic heterocycles. The van der Waals surface area contributed by atoms with Crippen LogP contribution in [0.3, 0.4) is 0 Å². The largest absolute Gasteiger partial charge is 0.381 e. The molecule has 3 nitrogen and oxygen atoms in total. The fraction of sp³-hybridized carbons (Fsp3) is 0.188. The zero-order valence-corrected chi connectivity index (χ0v) is 11.5. The van der Waals surface area contributed by atoms with Gasteiger partial charge in [0.15, 0.2) is 0 Å². The first-order valence-corrected chi connectivity index (χ1v) is 6.41. The smallest absolute Gasteiger partial charge is 0.251 e. The minimum atomic E-state index is -0.221. The van der Waals surface area contributed by atoms with Crippen LogP contribution in [-0.4, -0.2) is 13.0 Å². The van der Waals surface area contributed by atoms with Gasteiger partial charge in [-0.05, 0) is 54.4 Å². The van der Waals surface area contributed by atoms with E-state index in [1.807, 2.05) is 19.1 Å². The van der Waals surface area contributed by atoms with Gasteiger partial charge in [0.05, 0.1) is 0 Å². The quantitative estimate of drug-likeness (QED) is 0.898. The number of hydrogen-bond donors (Lipinski definition) is 2. The third-order valence-corrected chi connectivity index (χ3v) is 3.16. The lowest BCUT2D eigenvalue weighted by Gasteiger charge is -2.09. The number of anilines is 1. The lowest BCUT2D eigenvalue weighted by atomic mass is 10.1. The second-order valence-corrected chi connectivity index (χ2v) is 4.58. The van der Waals surface area contributed by atoms with Crippen LogP contribution < -0.4 is 10.6 Å². The van der Waals surface area contributed by atoms with Crippen LogP contribution in [0, 0.1) is 12.7 Å². The molecule has 0 atom stereocenters. The van der Waals surface area contributed by atoms with Crippen molar-refractivity contribution in [1.82, 2.24) is 5.32 Å². The lowest BCUT2D eigenvalue weighted by molar-refractivity contribution is 0.0963. The molecule has 2 aromatic carbocycles. The molecule has 0 aliphatic heterocycles. The van der Waals surface area contributed by atoms with Crippen LogP contribution in [0.2, 0.25) is 0 Å². The van der Waals surface area contributed by atoms with Gasteiger partial charge >= 0.3 is 0 Å². The van der Waals surface area contributed by atoms with Crippen LogP contribution in [0.15, 0.2) is 42.5 Å². The van der Waals surface area contributed by atoms with Gasteiger partial charge < -0.3 is 10.6 Å². The first-order valence-electron chi connectivity index (χ1n) is 6.41. The molecule has 2 N–H and O–H groups in total. The molecule has 2 aromatic rings. The second-order valence-electron chi connectivity index (χ2n) is 4.58. The van der Waals surface area contributed by atoms with Crippen molar-refractivity contribution in [3.63, 3.8) is 0 Å². The maximum Gasteiger partial charge on any atom is 0.251 e. The first-order chi connectivity index (χ1) is 9.60. The summed E-state index contributed by atoms with van der Waals surface area (Å²) in [6.07, 6.45) is 0. The van der Waals surface area contributed by atoms with Crippen molar-refractivity contribution < 1.29 is 9.18 Å². The highest BCUT2D eigenvalue weighted by atomic mass is 19.1. The van der Waals surface area contributed by atoms with Crippen LogP contribution in [0.25, 0.3) is 0 Å². The van der Waals surface area contributed by atoms with E-state index in [9.17, 15) is 9.18 Å². The van der Waals surface area contributed by atoms with E-state index in [4.69, 9.17) is 0 Å². The molecule has 0 heterocycles. The van der Waals surface area contributed by atoms with E-state index < -0.39 is 0 Å². The minimum absolute atomic E-state index is 0.106. The van der Waals surface area contributed by atoms with Crippen LogP contribution in [0.4, 0.5) is 10.1 Å². The Balaban J connectivity index is 2.02. The second kappa shape index (κ2) is 6.19. The Kier molecular flexibility index (Phi) is 4.35. The standard InChI is InChI=1S/C16H17FN2O/c1-11-9-14(17)6-3-13(11)10-19-15-7-4-12(5-8-15)16(20)18-2/h3-9,19H,10H2,1-2H3,(H,18,20). The molecule has 0 saturated carbocycles. The van der Waals surface area contributed by atoms with Crippen LogP contribution in [0.5, 0.6) is 0 Å². The van der Waals surface area contributed by atoms with Crippen molar-refractivity contribution in [3.8, 4) is 0 Å². The summed E-state index contributed by atoms with van der Waals surface area (Å²) >= 11 is 0. The molecule has 0 unspecified atom stereocenters. The fourth-order valence-corrected chi connectivity index (χ4v) is 1.94. The highest BCUT2D eigenvalue weighted by Crippen LogP contribution is 2.14. The van der Waals surface area contributed by atoms with Gasteiger partial charge in [0.25, 0.3) is 5.91 Å². The maximum absolute atomic E-state index is 13.0. The van der Waals surface area contributed by atoms with Crippen LogP contribution >= 0.6 is 0 Å². The highest BCUT2D eigenvalue weighted by molar-refractivity contribution is 5.94. The van der Waals surface area contributed by atoms with Gasteiger partial charge in [0, 0.05) is 24.8 Å². The zero-order valence-electron chi connectivity index (χ0n) is 11.5. The van der Waals surface area contributed by atoms with Crippen LogP contribution in [0.1, 0.15) is 21.5 Å². The third-order valence-electron chi connectivity index (χ3n) is 3.16. The molecule has 0 bridgehead atoms. The third kappa shape index (κ3) is 3.35. The Morgan fingerprint density at radius 2 is 1.85 bits per heavy atom. The first kappa shape index (κ1) is 14.1. The summed E-state index contributed by atoms with van der Waals surface area (Å²) in [6, 6.07) is 12.0. The summed E-state index contributed by atoms with van der Waals surface area (Å²) in [5.74, 6) is -0.327. The molecule has 0 saturated heterocycles. The van der Waals surface area contributed by atoms with Crippen molar-refractivity contribution in [2.45, 2.75) is 13.5 Å². The number of rotatable bonds is 4. The van der Waals surface area contributed by atoms with Crippen molar-refractivity contribution in [2.24, 2.45) is 0 Å². The normalized spacial score (nSPS) is 10.2. The molecule has 4 heteroatoms. The Bertz CT molecular complexity index is 608. The van der Waals surface area contributed by atoms with E-state index in [-0.39, 0.29) is 11.7 Å². The molecular weight excluding hydrogens is 255 g/mol. The topological polar surface area (TPSA) is 41.1 Å². The van der Waals surface area contributed by atoms with Gasteiger partial charge in [-0.2, -0.15) is 0 Å². The molecule has 0 radical (unpaired) electrons. The van der Waals surface area contributed by atoms with Crippen LogP contribution in [-0.2, 0) is 6.54 Å². The highest BCUT2D eigenvalue weighted by Gasteiger charge is 2.03. The van der Waals surface area contributed by atoms with Gasteiger partial charge in [-0.15, -0.1) is 0 Å². The number of carbonyl (C=O) groups is 1. The predicted molar refractivity (Wildman–Crippen MR) is 78.3 cm³/mol. The summed E-state index contributed by atoms with van der Waals surface area (Å²) < 4.78 is 13.0. The molecule has 0 spiro atoms. The SMILES string of the molecule is CNC(=O)c1ccc(NCc2ccc(F)cc2C)cc1. The summed E-state index contributed by atoms with van der Waals surface area (Å²) in [7, 11) is 1.60. The summed E-state index contributed by atoms with van der Waals surface area (Å²) in [4.78, 5) is 11.4. The van der Waals surface area contributed by atoms with Gasteiger partial charge in [0.2, 0.25) is 0 Å². The summed E-state index contributed by atoms with van der Waals surface area (Å²) in [5.41, 5.74) is 3.50. The van der Waals surface area contributed by atoms with E-state index >= 15 is 0 Å². The molecule has 20 heavy (non-hydrogen) atoms. The molecule has 104 valence electrons. The summed E-state index contributed by atoms with van der Waals surface area (Å²) in [5, 5.41) is 5.83. The van der Waals surface area contributed by atoms with E-state index in [1.54, 1.807) is 25.2 Å². The van der Waals surface area contributed by atoms with Gasteiger partial charge in [-0.25, -0.2) is 4.39 Å². The number of amides is 1. The average molecular weight is 272 g/mol. The minimum Gasteiger partial charge on any atom is -0.381 e. The van der Waals surface area contributed by atoms with E-state index in [0.29, 0.717) is 12.1 Å². The summed E-state index contributed by atoms with van der Waals surface area (Å²) in [6.45, 7) is 2.50. The number of hydrogen-bond acceptors (Lipinski definition) is 2. The Labute approximate surface area is 117 Å². The molecule has 2 rings (SSSR count). The van der Waals surface area contributed by atoms with E-state index in [2.05, 4.69) is 10.6 Å². The van der Waals surface area contributed by atoms with Crippen molar-refractivity contribution in [2.75, 3.05) is 12.4 Å². The van der Waals surface area contributed by atoms with Gasteiger partial charge in [-0.1, -0.05) is 6.07 Å². The Morgan fingerprint density at radius 3 is 2.45 bits per heavy atom. The molecular formula is C16H17FN2O. The van der Waals surface area contributed by atoms with Crippen molar-refractivity contribution in [3.05, 3.63) is 65.0 Å². The van der Waals surface area contributed by atoms with E-state index in [0.717, 1.165) is 16.8 Å². The van der Waals surface area contributed by atoms with Gasteiger partial charge in [-0.3, -0.25) is 4.79 Å². The average Bonchev–Trinajstić information content (AvgIpc) is 2.46. The molecule has 1 amide bonds. The monoisotopic (exact) mass is 272 g/mol. The number of carbonyl (C=O) groups excluding carboxylic acids is 1. The number of halogens is 1. The molecule has 0 aliphatic rings. The maximum atomic E-state index is 13.0. The predicted octanol–water partition coefficient (Wildman–Crippen LogP) is 3.11. The van der Waals surface area contributed by atoms with Crippen molar-refractivity contribution >= 4 is 11.6 Å². The Morgan fingerprint density at radius 1 is 1.15 bits per heavy atom. The fourth-order valence-electron chi connectivity index (χ4n) is 1.94. The Hall–Kier alpha value is -2.36.